The van der Waals surface area contributed by atoms with Crippen LogP contribution in [0.25, 0.3) is 0 Å². The average Bonchev–Trinajstić information content (AvgIpc) is 2.75. The first-order chi connectivity index (χ1) is 6.76. The minimum Gasteiger partial charge on any atom is -0.472 e. The average molecular weight is 194 g/mol. The molecule has 76 valence electrons. The summed E-state index contributed by atoms with van der Waals surface area (Å²) >= 11 is 0. The van der Waals surface area contributed by atoms with Crippen molar-refractivity contribution in [3.63, 3.8) is 0 Å². The molecule has 3 rings (SSSR count). The predicted molar refractivity (Wildman–Crippen MR) is 49.7 cm³/mol. The van der Waals surface area contributed by atoms with E-state index in [-0.39, 0.29) is 12.2 Å². The molecule has 3 heterocycles. The first-order valence-electron chi connectivity index (χ1n) is 5.17. The largest absolute Gasteiger partial charge is 0.472 e. The minimum absolute atomic E-state index is 0.244. The minimum atomic E-state index is -0.711. The SMILES string of the molecule is OC1(c2ccoc2)CC2CCC(C1)O2. The smallest absolute Gasteiger partial charge is 0.0976 e. The molecule has 0 radical (unpaired) electrons. The molecule has 3 heteroatoms. The van der Waals surface area contributed by atoms with Gasteiger partial charge in [0.25, 0.3) is 0 Å². The Kier molecular flexibility index (Phi) is 1.73. The first kappa shape index (κ1) is 8.50. The molecule has 2 aliphatic heterocycles. The number of furan rings is 1. The number of rotatable bonds is 1. The van der Waals surface area contributed by atoms with Gasteiger partial charge in [0.2, 0.25) is 0 Å². The number of hydrogen-bond donors (Lipinski definition) is 1. The quantitative estimate of drug-likeness (QED) is 0.741. The van der Waals surface area contributed by atoms with Crippen LogP contribution >= 0.6 is 0 Å². The molecule has 0 spiro atoms. The van der Waals surface area contributed by atoms with Crippen LogP contribution in [0.4, 0.5) is 0 Å². The lowest BCUT2D eigenvalue weighted by Crippen LogP contribution is -2.38. The zero-order valence-corrected chi connectivity index (χ0v) is 7.98. The molecule has 1 aromatic rings. The van der Waals surface area contributed by atoms with E-state index in [1.807, 2.05) is 6.07 Å². The second kappa shape index (κ2) is 2.84. The lowest BCUT2D eigenvalue weighted by atomic mass is 9.85. The van der Waals surface area contributed by atoms with Crippen LogP contribution in [0.5, 0.6) is 0 Å². The Bertz CT molecular complexity index is 305. The molecule has 14 heavy (non-hydrogen) atoms. The molecule has 2 fully saturated rings. The fourth-order valence-electron chi connectivity index (χ4n) is 2.68. The molecule has 0 amide bonds. The molecule has 0 aromatic carbocycles. The van der Waals surface area contributed by atoms with Crippen LogP contribution in [0, 0.1) is 0 Å². The number of fused-ring (bicyclic) bond motifs is 2. The summed E-state index contributed by atoms with van der Waals surface area (Å²) in [6.45, 7) is 0. The van der Waals surface area contributed by atoms with Crippen LogP contribution in [0.1, 0.15) is 31.2 Å². The summed E-state index contributed by atoms with van der Waals surface area (Å²) in [4.78, 5) is 0. The van der Waals surface area contributed by atoms with Crippen molar-refractivity contribution in [3.8, 4) is 0 Å². The molecule has 2 bridgehead atoms. The van der Waals surface area contributed by atoms with E-state index in [9.17, 15) is 5.11 Å². The predicted octanol–water partition coefficient (Wildman–Crippen LogP) is 1.81. The van der Waals surface area contributed by atoms with Crippen molar-refractivity contribution in [2.24, 2.45) is 0 Å². The summed E-state index contributed by atoms with van der Waals surface area (Å²) in [5.74, 6) is 0. The van der Waals surface area contributed by atoms with Gasteiger partial charge in [0.1, 0.15) is 0 Å². The highest BCUT2D eigenvalue weighted by atomic mass is 16.5. The van der Waals surface area contributed by atoms with Crippen molar-refractivity contribution < 1.29 is 14.3 Å². The topological polar surface area (TPSA) is 42.6 Å². The fraction of sp³-hybridized carbons (Fsp3) is 0.636. The standard InChI is InChI=1S/C11H14O3/c12-11(8-3-4-13-7-8)5-9-1-2-10(6-11)14-9/h3-4,7,9-10,12H,1-2,5-6H2. The van der Waals surface area contributed by atoms with Gasteiger partial charge in [-0.1, -0.05) is 0 Å². The highest BCUT2D eigenvalue weighted by Crippen LogP contribution is 2.43. The molecule has 3 nitrogen and oxygen atoms in total. The molecular formula is C11H14O3. The van der Waals surface area contributed by atoms with Crippen LogP contribution in [-0.2, 0) is 10.3 Å². The lowest BCUT2D eigenvalue weighted by Gasteiger charge is -2.35. The van der Waals surface area contributed by atoms with E-state index in [1.165, 1.54) is 0 Å². The lowest BCUT2D eigenvalue weighted by molar-refractivity contribution is -0.115. The van der Waals surface area contributed by atoms with Crippen LogP contribution in [0.3, 0.4) is 0 Å². The van der Waals surface area contributed by atoms with Crippen molar-refractivity contribution in [2.75, 3.05) is 0 Å². The van der Waals surface area contributed by atoms with E-state index in [1.54, 1.807) is 12.5 Å². The monoisotopic (exact) mass is 194 g/mol. The van der Waals surface area contributed by atoms with Gasteiger partial charge in [-0.3, -0.25) is 0 Å². The molecule has 2 aliphatic rings. The number of ether oxygens (including phenoxy) is 1. The maximum Gasteiger partial charge on any atom is 0.0976 e. The second-order valence-corrected chi connectivity index (χ2v) is 4.41. The van der Waals surface area contributed by atoms with Crippen LogP contribution in [0.2, 0.25) is 0 Å². The number of hydrogen-bond acceptors (Lipinski definition) is 3. The van der Waals surface area contributed by atoms with E-state index in [0.29, 0.717) is 12.8 Å². The zero-order valence-electron chi connectivity index (χ0n) is 7.98. The Morgan fingerprint density at radius 3 is 2.57 bits per heavy atom. The summed E-state index contributed by atoms with van der Waals surface area (Å²) in [6, 6.07) is 1.85. The Labute approximate surface area is 82.7 Å². The van der Waals surface area contributed by atoms with Gasteiger partial charge in [-0.05, 0) is 18.9 Å². The normalized spacial score (nSPS) is 41.5. The van der Waals surface area contributed by atoms with Crippen molar-refractivity contribution in [2.45, 2.75) is 43.5 Å². The second-order valence-electron chi connectivity index (χ2n) is 4.41. The van der Waals surface area contributed by atoms with Gasteiger partial charge < -0.3 is 14.3 Å². The Hall–Kier alpha value is -0.800. The van der Waals surface area contributed by atoms with E-state index in [2.05, 4.69) is 0 Å². The molecule has 2 atom stereocenters. The Balaban J connectivity index is 1.90. The van der Waals surface area contributed by atoms with E-state index < -0.39 is 5.60 Å². The molecule has 1 N–H and O–H groups in total. The van der Waals surface area contributed by atoms with E-state index in [0.717, 1.165) is 18.4 Å². The van der Waals surface area contributed by atoms with Gasteiger partial charge in [0, 0.05) is 18.4 Å². The maximum absolute atomic E-state index is 10.5. The highest BCUT2D eigenvalue weighted by molar-refractivity contribution is 5.18. The van der Waals surface area contributed by atoms with Crippen LogP contribution in [0.15, 0.2) is 23.0 Å². The van der Waals surface area contributed by atoms with Crippen LogP contribution < -0.4 is 0 Å². The van der Waals surface area contributed by atoms with Crippen molar-refractivity contribution in [1.82, 2.24) is 0 Å². The van der Waals surface area contributed by atoms with E-state index >= 15 is 0 Å². The van der Waals surface area contributed by atoms with Gasteiger partial charge in [-0.15, -0.1) is 0 Å². The van der Waals surface area contributed by atoms with Gasteiger partial charge >= 0.3 is 0 Å². The fourth-order valence-corrected chi connectivity index (χ4v) is 2.68. The molecule has 2 saturated heterocycles. The third-order valence-corrected chi connectivity index (χ3v) is 3.38. The molecule has 0 aliphatic carbocycles. The van der Waals surface area contributed by atoms with Gasteiger partial charge in [0.15, 0.2) is 0 Å². The third kappa shape index (κ3) is 1.20. The van der Waals surface area contributed by atoms with Gasteiger partial charge in [0.05, 0.1) is 30.3 Å². The summed E-state index contributed by atoms with van der Waals surface area (Å²) in [7, 11) is 0. The maximum atomic E-state index is 10.5. The van der Waals surface area contributed by atoms with E-state index in [4.69, 9.17) is 9.15 Å². The van der Waals surface area contributed by atoms with Crippen molar-refractivity contribution >= 4 is 0 Å². The van der Waals surface area contributed by atoms with Crippen LogP contribution in [-0.4, -0.2) is 17.3 Å². The zero-order chi connectivity index (χ0) is 9.60. The third-order valence-electron chi connectivity index (χ3n) is 3.38. The molecule has 1 aromatic heterocycles. The Morgan fingerprint density at radius 1 is 1.29 bits per heavy atom. The van der Waals surface area contributed by atoms with Gasteiger partial charge in [-0.25, -0.2) is 0 Å². The molecule has 2 unspecified atom stereocenters. The molecule has 0 saturated carbocycles. The van der Waals surface area contributed by atoms with Gasteiger partial charge in [-0.2, -0.15) is 0 Å². The Morgan fingerprint density at radius 2 is 2.00 bits per heavy atom. The summed E-state index contributed by atoms with van der Waals surface area (Å²) < 4.78 is 10.7. The summed E-state index contributed by atoms with van der Waals surface area (Å²) in [6.07, 6.45) is 7.35. The van der Waals surface area contributed by atoms with Crippen molar-refractivity contribution in [1.29, 1.82) is 0 Å². The number of aliphatic hydroxyl groups is 1. The summed E-state index contributed by atoms with van der Waals surface area (Å²) in [5, 5.41) is 10.5. The van der Waals surface area contributed by atoms with Crippen molar-refractivity contribution in [3.05, 3.63) is 24.2 Å². The summed E-state index contributed by atoms with van der Waals surface area (Å²) in [5.41, 5.74) is 0.189. The molecular weight excluding hydrogens is 180 g/mol. The highest BCUT2D eigenvalue weighted by Gasteiger charge is 2.45. The first-order valence-corrected chi connectivity index (χ1v) is 5.17.